The van der Waals surface area contributed by atoms with E-state index in [0.29, 0.717) is 12.0 Å². The molecule has 0 aliphatic carbocycles. The second-order valence-corrected chi connectivity index (χ2v) is 5.51. The summed E-state index contributed by atoms with van der Waals surface area (Å²) in [7, 11) is 1.31. The number of hydrogen-bond acceptors (Lipinski definition) is 5. The number of carbonyl (C=O) groups excluding carboxylic acids is 1. The van der Waals surface area contributed by atoms with Gasteiger partial charge in [-0.1, -0.05) is 30.4 Å². The highest BCUT2D eigenvalue weighted by Crippen LogP contribution is 2.27. The minimum Gasteiger partial charge on any atom is -0.469 e. The van der Waals surface area contributed by atoms with Crippen molar-refractivity contribution in [1.82, 2.24) is 4.98 Å². The minimum absolute atomic E-state index is 0.441. The number of hydrogen-bond donors (Lipinski definition) is 1. The lowest BCUT2D eigenvalue weighted by molar-refractivity contribution is -0.155. The Morgan fingerprint density at radius 1 is 1.45 bits per heavy atom. The van der Waals surface area contributed by atoms with Crippen LogP contribution in [0, 0.1) is 5.41 Å². The van der Waals surface area contributed by atoms with Gasteiger partial charge < -0.3 is 14.3 Å². The molecule has 0 amide bonds. The van der Waals surface area contributed by atoms with Gasteiger partial charge in [0.1, 0.15) is 5.76 Å². The summed E-state index contributed by atoms with van der Waals surface area (Å²) in [6.45, 7) is 5.08. The van der Waals surface area contributed by atoms with E-state index in [2.05, 4.69) is 4.98 Å². The Morgan fingerprint density at radius 3 is 2.77 bits per heavy atom. The second-order valence-electron chi connectivity index (χ2n) is 5.51. The monoisotopic (exact) mass is 305 g/mol. The predicted octanol–water partition coefficient (Wildman–Crippen LogP) is 2.84. The topological polar surface area (TPSA) is 72.6 Å². The molecule has 1 aromatic heterocycles. The molecule has 1 N–H and O–H groups in total. The highest BCUT2D eigenvalue weighted by Gasteiger charge is 2.37. The summed E-state index contributed by atoms with van der Waals surface area (Å²) < 4.78 is 9.81. The molecule has 5 heteroatoms. The van der Waals surface area contributed by atoms with E-state index in [1.54, 1.807) is 33.0 Å². The van der Waals surface area contributed by atoms with Crippen molar-refractivity contribution in [1.29, 1.82) is 0 Å². The molecule has 0 bridgehead atoms. The zero-order valence-electron chi connectivity index (χ0n) is 13.4. The minimum atomic E-state index is -0.981. The molecular weight excluding hydrogens is 282 g/mol. The van der Waals surface area contributed by atoms with Crippen LogP contribution in [-0.2, 0) is 16.0 Å². The van der Waals surface area contributed by atoms with Gasteiger partial charge in [0.2, 0.25) is 0 Å². The van der Waals surface area contributed by atoms with Crippen molar-refractivity contribution in [2.75, 3.05) is 7.11 Å². The molecule has 0 radical (unpaired) electrons. The van der Waals surface area contributed by atoms with Crippen LogP contribution in [0.15, 0.2) is 53.0 Å². The Bertz CT molecular complexity index is 553. The Kier molecular flexibility index (Phi) is 6.79. The maximum Gasteiger partial charge on any atom is 0.314 e. The van der Waals surface area contributed by atoms with Gasteiger partial charge in [-0.05, 0) is 26.3 Å². The Balaban J connectivity index is 2.55. The summed E-state index contributed by atoms with van der Waals surface area (Å²) >= 11 is 0. The van der Waals surface area contributed by atoms with E-state index in [4.69, 9.17) is 9.15 Å². The van der Waals surface area contributed by atoms with Gasteiger partial charge in [-0.25, -0.2) is 4.98 Å². The molecule has 22 heavy (non-hydrogen) atoms. The van der Waals surface area contributed by atoms with E-state index in [1.807, 2.05) is 24.3 Å². The quantitative estimate of drug-likeness (QED) is 0.619. The first-order valence-corrected chi connectivity index (χ1v) is 7.03. The lowest BCUT2D eigenvalue weighted by atomic mass is 9.83. The van der Waals surface area contributed by atoms with Gasteiger partial charge in [0, 0.05) is 6.42 Å². The Hall–Kier alpha value is -2.14. The average Bonchev–Trinajstić information content (AvgIpc) is 3.01. The standard InChI is InChI=1S/C17H23NO4/c1-13(15(19)17(2,3)16(20)21-4)9-7-5-6-8-10-14-11-18-12-22-14/h5-9,11-12,15,19H,10H2,1-4H3/b7-5+,8-6+,13-9-/t15-/m1/s1. The summed E-state index contributed by atoms with van der Waals surface area (Å²) in [5.74, 6) is 0.357. The van der Waals surface area contributed by atoms with E-state index in [0.717, 1.165) is 5.76 Å². The Morgan fingerprint density at radius 2 is 2.18 bits per heavy atom. The summed E-state index contributed by atoms with van der Waals surface area (Å²) in [4.78, 5) is 15.5. The van der Waals surface area contributed by atoms with Crippen LogP contribution in [-0.4, -0.2) is 29.3 Å². The van der Waals surface area contributed by atoms with Crippen molar-refractivity contribution in [3.8, 4) is 0 Å². The third kappa shape index (κ3) is 5.00. The predicted molar refractivity (Wildman–Crippen MR) is 84.0 cm³/mol. The first kappa shape index (κ1) is 17.9. The van der Waals surface area contributed by atoms with Crippen LogP contribution < -0.4 is 0 Å². The van der Waals surface area contributed by atoms with E-state index >= 15 is 0 Å². The van der Waals surface area contributed by atoms with Gasteiger partial charge in [-0.3, -0.25) is 4.79 Å². The molecule has 1 rings (SSSR count). The van der Waals surface area contributed by atoms with E-state index in [9.17, 15) is 9.90 Å². The van der Waals surface area contributed by atoms with E-state index in [1.165, 1.54) is 13.5 Å². The molecule has 1 atom stereocenters. The molecule has 120 valence electrons. The first-order valence-electron chi connectivity index (χ1n) is 7.03. The van der Waals surface area contributed by atoms with Crippen LogP contribution in [0.2, 0.25) is 0 Å². The van der Waals surface area contributed by atoms with E-state index < -0.39 is 17.5 Å². The fourth-order valence-electron chi connectivity index (χ4n) is 1.91. The van der Waals surface area contributed by atoms with Gasteiger partial charge >= 0.3 is 5.97 Å². The third-order valence-electron chi connectivity index (χ3n) is 3.35. The van der Waals surface area contributed by atoms with Gasteiger partial charge in [-0.15, -0.1) is 0 Å². The van der Waals surface area contributed by atoms with Crippen LogP contribution in [0.4, 0.5) is 0 Å². The average molecular weight is 305 g/mol. The fourth-order valence-corrected chi connectivity index (χ4v) is 1.91. The number of allylic oxidation sites excluding steroid dienone is 5. The first-order chi connectivity index (χ1) is 10.4. The van der Waals surface area contributed by atoms with Crippen molar-refractivity contribution in [3.63, 3.8) is 0 Å². The van der Waals surface area contributed by atoms with Crippen LogP contribution in [0.25, 0.3) is 0 Å². The number of esters is 1. The van der Waals surface area contributed by atoms with Crippen molar-refractivity contribution in [3.05, 3.63) is 54.3 Å². The van der Waals surface area contributed by atoms with Crippen LogP contribution in [0.5, 0.6) is 0 Å². The van der Waals surface area contributed by atoms with Crippen LogP contribution >= 0.6 is 0 Å². The number of ether oxygens (including phenoxy) is 1. The fraction of sp³-hybridized carbons (Fsp3) is 0.412. The maximum atomic E-state index is 11.7. The molecule has 0 saturated heterocycles. The Labute approximate surface area is 131 Å². The molecule has 1 aromatic rings. The molecular formula is C17H23NO4. The SMILES string of the molecule is COC(=O)C(C)(C)[C@H](O)\C(C)=C/C=C/C=C/Cc1cnco1. The van der Waals surface area contributed by atoms with Crippen LogP contribution in [0.3, 0.4) is 0 Å². The number of aromatic nitrogens is 1. The number of oxazole rings is 1. The number of rotatable bonds is 7. The molecule has 0 aliphatic rings. The molecule has 0 saturated carbocycles. The molecule has 0 fully saturated rings. The number of carbonyl (C=O) groups is 1. The molecule has 0 aliphatic heterocycles. The summed E-state index contributed by atoms with van der Waals surface area (Å²) in [6, 6.07) is 0. The number of methoxy groups -OCH3 is 1. The summed E-state index contributed by atoms with van der Waals surface area (Å²) in [6.07, 6.45) is 12.1. The van der Waals surface area contributed by atoms with Crippen molar-refractivity contribution >= 4 is 5.97 Å². The zero-order valence-corrected chi connectivity index (χ0v) is 13.4. The molecule has 0 aromatic carbocycles. The lowest BCUT2D eigenvalue weighted by Crippen LogP contribution is -2.38. The summed E-state index contributed by atoms with van der Waals surface area (Å²) in [5, 5.41) is 10.2. The van der Waals surface area contributed by atoms with Gasteiger partial charge in [0.25, 0.3) is 0 Å². The van der Waals surface area contributed by atoms with Crippen LogP contribution in [0.1, 0.15) is 26.5 Å². The molecule has 5 nitrogen and oxygen atoms in total. The second kappa shape index (κ2) is 8.34. The number of aliphatic hydroxyl groups is 1. The lowest BCUT2D eigenvalue weighted by Gasteiger charge is -2.28. The largest absolute Gasteiger partial charge is 0.469 e. The van der Waals surface area contributed by atoms with Gasteiger partial charge in [0.15, 0.2) is 6.39 Å². The maximum absolute atomic E-state index is 11.7. The van der Waals surface area contributed by atoms with Gasteiger partial charge in [0.05, 0.1) is 24.8 Å². The highest BCUT2D eigenvalue weighted by molar-refractivity contribution is 5.77. The normalized spacial score (nSPS) is 14.7. The number of aliphatic hydroxyl groups excluding tert-OH is 1. The number of nitrogens with zero attached hydrogens (tertiary/aromatic N) is 1. The summed E-state index contributed by atoms with van der Waals surface area (Å²) in [5.41, 5.74) is -0.291. The molecule has 1 heterocycles. The molecule has 0 unspecified atom stereocenters. The van der Waals surface area contributed by atoms with Gasteiger partial charge in [-0.2, -0.15) is 0 Å². The van der Waals surface area contributed by atoms with Crippen molar-refractivity contribution in [2.24, 2.45) is 5.41 Å². The smallest absolute Gasteiger partial charge is 0.314 e. The zero-order chi connectivity index (χ0) is 16.6. The van der Waals surface area contributed by atoms with E-state index in [-0.39, 0.29) is 0 Å². The highest BCUT2D eigenvalue weighted by atomic mass is 16.5. The van der Waals surface area contributed by atoms with Crippen molar-refractivity contribution < 1.29 is 19.1 Å². The molecule has 0 spiro atoms. The van der Waals surface area contributed by atoms with Crippen molar-refractivity contribution in [2.45, 2.75) is 33.3 Å². The third-order valence-corrected chi connectivity index (χ3v) is 3.35.